The van der Waals surface area contributed by atoms with Gasteiger partial charge in [-0.25, -0.2) is 0 Å². The van der Waals surface area contributed by atoms with Crippen LogP contribution in [-0.2, 0) is 0 Å². The van der Waals surface area contributed by atoms with E-state index in [1.54, 1.807) is 11.3 Å². The fourth-order valence-electron chi connectivity index (χ4n) is 3.15. The van der Waals surface area contributed by atoms with Crippen LogP contribution in [0.1, 0.15) is 44.4 Å². The van der Waals surface area contributed by atoms with Gasteiger partial charge >= 0.3 is 0 Å². The predicted octanol–water partition coefficient (Wildman–Crippen LogP) is 4.38. The van der Waals surface area contributed by atoms with Gasteiger partial charge in [0.1, 0.15) is 0 Å². The van der Waals surface area contributed by atoms with Crippen molar-refractivity contribution in [1.82, 2.24) is 4.90 Å². The largest absolute Gasteiger partial charge is 0.339 e. The summed E-state index contributed by atoms with van der Waals surface area (Å²) in [5.41, 5.74) is 2.31. The number of hydrogen-bond donors (Lipinski definition) is 0. The molecule has 1 aliphatic rings. The third-order valence-corrected chi connectivity index (χ3v) is 5.29. The SMILES string of the molecule is Cc1cc(C(=O)N2CCC(c3ccccc3)CC2)c(C)s1. The van der Waals surface area contributed by atoms with Gasteiger partial charge in [0.25, 0.3) is 5.91 Å². The Kier molecular flexibility index (Phi) is 4.11. The summed E-state index contributed by atoms with van der Waals surface area (Å²) < 4.78 is 0. The molecule has 1 saturated heterocycles. The molecule has 0 unspecified atom stereocenters. The second kappa shape index (κ2) is 6.02. The Labute approximate surface area is 130 Å². The molecule has 1 aromatic carbocycles. The number of hydrogen-bond acceptors (Lipinski definition) is 2. The highest BCUT2D eigenvalue weighted by molar-refractivity contribution is 7.12. The number of carbonyl (C=O) groups is 1. The second-order valence-corrected chi connectivity index (χ2v) is 7.26. The third-order valence-electron chi connectivity index (χ3n) is 4.32. The molecule has 1 fully saturated rings. The monoisotopic (exact) mass is 299 g/mol. The van der Waals surface area contributed by atoms with Crippen LogP contribution in [0.4, 0.5) is 0 Å². The lowest BCUT2D eigenvalue weighted by molar-refractivity contribution is 0.0713. The first-order valence-electron chi connectivity index (χ1n) is 7.56. The first-order chi connectivity index (χ1) is 10.1. The van der Waals surface area contributed by atoms with Crippen molar-refractivity contribution >= 4 is 17.2 Å². The van der Waals surface area contributed by atoms with E-state index in [0.29, 0.717) is 5.92 Å². The highest BCUT2D eigenvalue weighted by Crippen LogP contribution is 2.29. The third kappa shape index (κ3) is 3.03. The fraction of sp³-hybridized carbons (Fsp3) is 0.389. The first kappa shape index (κ1) is 14.3. The molecule has 0 saturated carbocycles. The summed E-state index contributed by atoms with van der Waals surface area (Å²) in [4.78, 5) is 17.0. The van der Waals surface area contributed by atoms with E-state index < -0.39 is 0 Å². The quantitative estimate of drug-likeness (QED) is 0.805. The number of likely N-dealkylation sites (tertiary alicyclic amines) is 1. The van der Waals surface area contributed by atoms with Gasteiger partial charge in [-0.15, -0.1) is 11.3 Å². The molecular formula is C18H21NOS. The van der Waals surface area contributed by atoms with Gasteiger partial charge in [0.2, 0.25) is 0 Å². The van der Waals surface area contributed by atoms with Crippen molar-refractivity contribution < 1.29 is 4.79 Å². The zero-order valence-electron chi connectivity index (χ0n) is 12.6. The van der Waals surface area contributed by atoms with E-state index in [9.17, 15) is 4.79 Å². The van der Waals surface area contributed by atoms with Gasteiger partial charge in [-0.05, 0) is 44.2 Å². The summed E-state index contributed by atoms with van der Waals surface area (Å²) in [7, 11) is 0. The summed E-state index contributed by atoms with van der Waals surface area (Å²) >= 11 is 1.71. The fourth-order valence-corrected chi connectivity index (χ4v) is 4.07. The van der Waals surface area contributed by atoms with Gasteiger partial charge in [0, 0.05) is 22.8 Å². The zero-order valence-corrected chi connectivity index (χ0v) is 13.5. The van der Waals surface area contributed by atoms with Crippen LogP contribution in [0.3, 0.4) is 0 Å². The topological polar surface area (TPSA) is 20.3 Å². The lowest BCUT2D eigenvalue weighted by atomic mass is 9.89. The predicted molar refractivity (Wildman–Crippen MR) is 88.1 cm³/mol. The van der Waals surface area contributed by atoms with Crippen LogP contribution in [-0.4, -0.2) is 23.9 Å². The molecule has 0 N–H and O–H groups in total. The molecule has 0 radical (unpaired) electrons. The molecule has 2 heterocycles. The zero-order chi connectivity index (χ0) is 14.8. The number of nitrogens with zero attached hydrogens (tertiary/aromatic N) is 1. The molecule has 3 heteroatoms. The number of aryl methyl sites for hydroxylation is 2. The second-order valence-electron chi connectivity index (χ2n) is 5.80. The van der Waals surface area contributed by atoms with E-state index in [1.807, 2.05) is 17.9 Å². The highest BCUT2D eigenvalue weighted by Gasteiger charge is 2.25. The maximum Gasteiger partial charge on any atom is 0.254 e. The van der Waals surface area contributed by atoms with E-state index >= 15 is 0 Å². The van der Waals surface area contributed by atoms with E-state index in [0.717, 1.165) is 36.4 Å². The average molecular weight is 299 g/mol. The molecule has 21 heavy (non-hydrogen) atoms. The van der Waals surface area contributed by atoms with Crippen LogP contribution >= 0.6 is 11.3 Å². The highest BCUT2D eigenvalue weighted by atomic mass is 32.1. The molecule has 3 rings (SSSR count). The van der Waals surface area contributed by atoms with Gasteiger partial charge < -0.3 is 4.90 Å². The Morgan fingerprint density at radius 2 is 1.81 bits per heavy atom. The summed E-state index contributed by atoms with van der Waals surface area (Å²) in [6.45, 7) is 5.84. The molecule has 1 aromatic heterocycles. The normalized spacial score (nSPS) is 16.2. The number of rotatable bonds is 2. The van der Waals surface area contributed by atoms with Crippen LogP contribution in [0, 0.1) is 13.8 Å². The summed E-state index contributed by atoms with van der Waals surface area (Å²) in [5, 5.41) is 0. The molecule has 0 atom stereocenters. The Morgan fingerprint density at radius 1 is 1.14 bits per heavy atom. The Morgan fingerprint density at radius 3 is 2.38 bits per heavy atom. The maximum absolute atomic E-state index is 12.6. The molecule has 2 aromatic rings. The number of benzene rings is 1. The average Bonchev–Trinajstić information content (AvgIpc) is 2.86. The summed E-state index contributed by atoms with van der Waals surface area (Å²) in [6, 6.07) is 12.7. The van der Waals surface area contributed by atoms with Gasteiger partial charge in [0.15, 0.2) is 0 Å². The van der Waals surface area contributed by atoms with Crippen molar-refractivity contribution in [2.45, 2.75) is 32.6 Å². The van der Waals surface area contributed by atoms with Crippen molar-refractivity contribution in [3.8, 4) is 0 Å². The van der Waals surface area contributed by atoms with Crippen LogP contribution in [0.15, 0.2) is 36.4 Å². The standard InChI is InChI=1S/C18H21NOS/c1-13-12-17(14(2)21-13)18(20)19-10-8-16(9-11-19)15-6-4-3-5-7-15/h3-7,12,16H,8-11H2,1-2H3. The molecule has 2 nitrogen and oxygen atoms in total. The van der Waals surface area contributed by atoms with Crippen LogP contribution in [0.2, 0.25) is 0 Å². The van der Waals surface area contributed by atoms with Crippen molar-refractivity contribution in [2.75, 3.05) is 13.1 Å². The molecule has 0 spiro atoms. The number of thiophene rings is 1. The Bertz CT molecular complexity index is 624. The minimum absolute atomic E-state index is 0.211. The smallest absolute Gasteiger partial charge is 0.254 e. The minimum Gasteiger partial charge on any atom is -0.339 e. The molecule has 0 aliphatic carbocycles. The summed E-state index contributed by atoms with van der Waals surface area (Å²) in [6.07, 6.45) is 2.13. The molecule has 1 amide bonds. The van der Waals surface area contributed by atoms with E-state index in [1.165, 1.54) is 10.4 Å². The maximum atomic E-state index is 12.6. The molecular weight excluding hydrogens is 278 g/mol. The van der Waals surface area contributed by atoms with E-state index in [2.05, 4.69) is 37.3 Å². The first-order valence-corrected chi connectivity index (χ1v) is 8.38. The Balaban J connectivity index is 1.66. The number of amides is 1. The van der Waals surface area contributed by atoms with Gasteiger partial charge in [0.05, 0.1) is 5.56 Å². The minimum atomic E-state index is 0.211. The van der Waals surface area contributed by atoms with Gasteiger partial charge in [-0.3, -0.25) is 4.79 Å². The number of piperidine rings is 1. The van der Waals surface area contributed by atoms with E-state index in [-0.39, 0.29) is 5.91 Å². The Hall–Kier alpha value is -1.61. The lowest BCUT2D eigenvalue weighted by Crippen LogP contribution is -2.38. The van der Waals surface area contributed by atoms with Crippen LogP contribution < -0.4 is 0 Å². The van der Waals surface area contributed by atoms with Crippen molar-refractivity contribution in [2.24, 2.45) is 0 Å². The molecule has 0 bridgehead atoms. The lowest BCUT2D eigenvalue weighted by Gasteiger charge is -2.32. The van der Waals surface area contributed by atoms with Crippen LogP contribution in [0.25, 0.3) is 0 Å². The number of carbonyl (C=O) groups excluding carboxylic acids is 1. The molecule has 110 valence electrons. The van der Waals surface area contributed by atoms with Crippen molar-refractivity contribution in [3.63, 3.8) is 0 Å². The molecule has 1 aliphatic heterocycles. The van der Waals surface area contributed by atoms with Crippen molar-refractivity contribution in [3.05, 3.63) is 57.3 Å². The summed E-state index contributed by atoms with van der Waals surface area (Å²) in [5.74, 6) is 0.809. The van der Waals surface area contributed by atoms with Crippen molar-refractivity contribution in [1.29, 1.82) is 0 Å². The van der Waals surface area contributed by atoms with Gasteiger partial charge in [-0.2, -0.15) is 0 Å². The van der Waals surface area contributed by atoms with Crippen LogP contribution in [0.5, 0.6) is 0 Å². The van der Waals surface area contributed by atoms with Gasteiger partial charge in [-0.1, -0.05) is 30.3 Å². The van der Waals surface area contributed by atoms with E-state index in [4.69, 9.17) is 0 Å².